The lowest BCUT2D eigenvalue weighted by Gasteiger charge is -2.30. The van der Waals surface area contributed by atoms with E-state index in [2.05, 4.69) is 0 Å². The number of aryl methyl sites for hydroxylation is 1. The number of benzene rings is 2. The molecule has 1 heterocycles. The second-order valence-electron chi connectivity index (χ2n) is 5.28. The number of nitrogens with zero attached hydrogens (tertiary/aromatic N) is 1. The number of fused-ring (bicyclic) bond motifs is 1. The zero-order chi connectivity index (χ0) is 15.7. The van der Waals surface area contributed by atoms with Gasteiger partial charge in [-0.15, -0.1) is 0 Å². The average molecular weight is 315 g/mol. The van der Waals surface area contributed by atoms with Gasteiger partial charge in [-0.3, -0.25) is 9.59 Å². The molecule has 22 heavy (non-hydrogen) atoms. The maximum atomic E-state index is 12.7. The van der Waals surface area contributed by atoms with E-state index in [1.54, 1.807) is 47.4 Å². The lowest BCUT2D eigenvalue weighted by molar-refractivity contribution is 0.0983. The van der Waals surface area contributed by atoms with Gasteiger partial charge in [0.25, 0.3) is 5.91 Å². The van der Waals surface area contributed by atoms with Crippen LogP contribution in [0.2, 0.25) is 5.02 Å². The summed E-state index contributed by atoms with van der Waals surface area (Å²) >= 11 is 5.96. The SMILES string of the molecule is NC(=O)c1ccc2c(c1)CCCN2C(=O)c1cccc(Cl)c1. The molecule has 2 amide bonds. The molecule has 0 atom stereocenters. The van der Waals surface area contributed by atoms with E-state index in [0.717, 1.165) is 24.1 Å². The molecule has 2 aromatic carbocycles. The van der Waals surface area contributed by atoms with Crippen LogP contribution in [0.1, 0.15) is 32.7 Å². The van der Waals surface area contributed by atoms with Gasteiger partial charge in [0.15, 0.2) is 0 Å². The Morgan fingerprint density at radius 2 is 1.91 bits per heavy atom. The van der Waals surface area contributed by atoms with Gasteiger partial charge < -0.3 is 10.6 Å². The molecule has 0 aromatic heterocycles. The van der Waals surface area contributed by atoms with Crippen molar-refractivity contribution in [2.24, 2.45) is 5.73 Å². The van der Waals surface area contributed by atoms with E-state index in [4.69, 9.17) is 17.3 Å². The Morgan fingerprint density at radius 3 is 2.64 bits per heavy atom. The molecule has 0 spiro atoms. The molecule has 3 rings (SSSR count). The molecule has 0 aliphatic carbocycles. The molecule has 5 heteroatoms. The summed E-state index contributed by atoms with van der Waals surface area (Å²) in [5.74, 6) is -0.545. The molecule has 2 N–H and O–H groups in total. The van der Waals surface area contributed by atoms with Crippen LogP contribution < -0.4 is 10.6 Å². The zero-order valence-electron chi connectivity index (χ0n) is 11.9. The summed E-state index contributed by atoms with van der Waals surface area (Å²) in [4.78, 5) is 25.7. The van der Waals surface area contributed by atoms with Crippen molar-refractivity contribution in [3.8, 4) is 0 Å². The minimum Gasteiger partial charge on any atom is -0.366 e. The number of rotatable bonds is 2. The van der Waals surface area contributed by atoms with E-state index in [9.17, 15) is 9.59 Å². The van der Waals surface area contributed by atoms with Crippen molar-refractivity contribution >= 4 is 29.1 Å². The van der Waals surface area contributed by atoms with Gasteiger partial charge in [-0.2, -0.15) is 0 Å². The van der Waals surface area contributed by atoms with Gasteiger partial charge in [-0.25, -0.2) is 0 Å². The Bertz CT molecular complexity index is 758. The quantitative estimate of drug-likeness (QED) is 0.926. The number of hydrogen-bond donors (Lipinski definition) is 1. The minimum atomic E-state index is -0.457. The van der Waals surface area contributed by atoms with E-state index in [1.807, 2.05) is 0 Å². The normalized spacial score (nSPS) is 13.6. The van der Waals surface area contributed by atoms with Gasteiger partial charge >= 0.3 is 0 Å². The molecule has 0 fully saturated rings. The molecule has 1 aliphatic heterocycles. The molecule has 0 unspecified atom stereocenters. The smallest absolute Gasteiger partial charge is 0.258 e. The number of primary amides is 1. The summed E-state index contributed by atoms with van der Waals surface area (Å²) in [6.07, 6.45) is 1.68. The first-order valence-electron chi connectivity index (χ1n) is 7.06. The van der Waals surface area contributed by atoms with Crippen molar-refractivity contribution in [2.45, 2.75) is 12.8 Å². The Hall–Kier alpha value is -2.33. The van der Waals surface area contributed by atoms with Crippen LogP contribution in [0.4, 0.5) is 5.69 Å². The fraction of sp³-hybridized carbons (Fsp3) is 0.176. The molecule has 1 aliphatic rings. The van der Waals surface area contributed by atoms with Crippen molar-refractivity contribution in [2.75, 3.05) is 11.4 Å². The van der Waals surface area contributed by atoms with E-state index in [0.29, 0.717) is 22.7 Å². The molecule has 0 radical (unpaired) electrons. The second kappa shape index (κ2) is 5.81. The number of halogens is 1. The molecular formula is C17H15ClN2O2. The van der Waals surface area contributed by atoms with Gasteiger partial charge in [-0.05, 0) is 54.8 Å². The van der Waals surface area contributed by atoms with Crippen molar-refractivity contribution < 1.29 is 9.59 Å². The third-order valence-electron chi connectivity index (χ3n) is 3.80. The van der Waals surface area contributed by atoms with Gasteiger partial charge in [0.05, 0.1) is 0 Å². The average Bonchev–Trinajstić information content (AvgIpc) is 2.53. The van der Waals surface area contributed by atoms with Gasteiger partial charge in [0, 0.05) is 28.4 Å². The predicted molar refractivity (Wildman–Crippen MR) is 86.4 cm³/mol. The van der Waals surface area contributed by atoms with Crippen molar-refractivity contribution in [1.29, 1.82) is 0 Å². The van der Waals surface area contributed by atoms with Gasteiger partial charge in [0.2, 0.25) is 5.91 Å². The fourth-order valence-corrected chi connectivity index (χ4v) is 2.93. The summed E-state index contributed by atoms with van der Waals surface area (Å²) in [5.41, 5.74) is 8.14. The Kier molecular flexibility index (Phi) is 3.86. The summed E-state index contributed by atoms with van der Waals surface area (Å²) in [6.45, 7) is 0.647. The third-order valence-corrected chi connectivity index (χ3v) is 4.03. The molecule has 0 saturated carbocycles. The van der Waals surface area contributed by atoms with Gasteiger partial charge in [-0.1, -0.05) is 17.7 Å². The summed E-state index contributed by atoms with van der Waals surface area (Å²) in [6, 6.07) is 12.1. The first-order chi connectivity index (χ1) is 10.6. The molecule has 4 nitrogen and oxygen atoms in total. The number of carbonyl (C=O) groups is 2. The summed E-state index contributed by atoms with van der Waals surface area (Å²) < 4.78 is 0. The molecule has 0 saturated heterocycles. The molecular weight excluding hydrogens is 300 g/mol. The predicted octanol–water partition coefficient (Wildman–Crippen LogP) is 3.03. The minimum absolute atomic E-state index is 0.0877. The van der Waals surface area contributed by atoms with Crippen LogP contribution in [0, 0.1) is 0 Å². The third kappa shape index (κ3) is 2.70. The highest BCUT2D eigenvalue weighted by Gasteiger charge is 2.24. The first-order valence-corrected chi connectivity index (χ1v) is 7.44. The number of amides is 2. The van der Waals surface area contributed by atoms with E-state index in [1.165, 1.54) is 0 Å². The van der Waals surface area contributed by atoms with Gasteiger partial charge in [0.1, 0.15) is 0 Å². The number of carbonyl (C=O) groups excluding carboxylic acids is 2. The lowest BCUT2D eigenvalue weighted by Crippen LogP contribution is -2.35. The van der Waals surface area contributed by atoms with Crippen molar-refractivity contribution in [1.82, 2.24) is 0 Å². The first kappa shape index (κ1) is 14.6. The summed E-state index contributed by atoms with van der Waals surface area (Å²) in [7, 11) is 0. The van der Waals surface area contributed by atoms with Crippen LogP contribution in [0.5, 0.6) is 0 Å². The maximum absolute atomic E-state index is 12.7. The summed E-state index contributed by atoms with van der Waals surface area (Å²) in [5, 5.41) is 0.534. The van der Waals surface area contributed by atoms with Crippen molar-refractivity contribution in [3.63, 3.8) is 0 Å². The molecule has 112 valence electrons. The van der Waals surface area contributed by atoms with E-state index in [-0.39, 0.29) is 5.91 Å². The maximum Gasteiger partial charge on any atom is 0.258 e. The van der Waals surface area contributed by atoms with Crippen LogP contribution in [-0.2, 0) is 6.42 Å². The Morgan fingerprint density at radius 1 is 1.09 bits per heavy atom. The van der Waals surface area contributed by atoms with Crippen molar-refractivity contribution in [3.05, 3.63) is 64.2 Å². The molecule has 0 bridgehead atoms. The standard InChI is InChI=1S/C17H15ClN2O2/c18-14-5-1-3-13(10-14)17(22)20-8-2-4-11-9-12(16(19)21)6-7-15(11)20/h1,3,5-7,9-10H,2,4,8H2,(H2,19,21). The highest BCUT2D eigenvalue weighted by atomic mass is 35.5. The number of nitrogens with two attached hydrogens (primary N) is 1. The highest BCUT2D eigenvalue weighted by Crippen LogP contribution is 2.29. The van der Waals surface area contributed by atoms with Crippen LogP contribution in [0.25, 0.3) is 0 Å². The number of anilines is 1. The topological polar surface area (TPSA) is 63.4 Å². The van der Waals surface area contributed by atoms with Crippen LogP contribution >= 0.6 is 11.6 Å². The van der Waals surface area contributed by atoms with Crippen LogP contribution in [-0.4, -0.2) is 18.4 Å². The second-order valence-corrected chi connectivity index (χ2v) is 5.71. The monoisotopic (exact) mass is 314 g/mol. The Balaban J connectivity index is 1.98. The van der Waals surface area contributed by atoms with Crippen LogP contribution in [0.15, 0.2) is 42.5 Å². The molecule has 2 aromatic rings. The lowest BCUT2D eigenvalue weighted by atomic mass is 9.98. The largest absolute Gasteiger partial charge is 0.366 e. The van der Waals surface area contributed by atoms with E-state index >= 15 is 0 Å². The Labute approximate surface area is 133 Å². The highest BCUT2D eigenvalue weighted by molar-refractivity contribution is 6.31. The number of hydrogen-bond acceptors (Lipinski definition) is 2. The fourth-order valence-electron chi connectivity index (χ4n) is 2.74. The zero-order valence-corrected chi connectivity index (χ0v) is 12.6. The van der Waals surface area contributed by atoms with Crippen LogP contribution in [0.3, 0.4) is 0 Å². The van der Waals surface area contributed by atoms with E-state index < -0.39 is 5.91 Å².